The van der Waals surface area contributed by atoms with Crippen LogP contribution in [-0.4, -0.2) is 40.5 Å². The molecule has 1 fully saturated rings. The SMILES string of the molecule is Cc1cc(C)c(NC(=O)CN2CCCC2(C)C(=O)O)c(C)c1. The predicted molar refractivity (Wildman–Crippen MR) is 86.1 cm³/mol. The quantitative estimate of drug-likeness (QED) is 0.896. The highest BCUT2D eigenvalue weighted by Crippen LogP contribution is 2.29. The Bertz CT molecular complexity index is 589. The van der Waals surface area contributed by atoms with Gasteiger partial charge in [0.05, 0.1) is 6.54 Å². The molecule has 5 heteroatoms. The summed E-state index contributed by atoms with van der Waals surface area (Å²) < 4.78 is 0. The lowest BCUT2D eigenvalue weighted by molar-refractivity contribution is -0.149. The number of anilines is 1. The second-order valence-electron chi connectivity index (χ2n) is 6.43. The first-order valence-corrected chi connectivity index (χ1v) is 7.60. The molecular formula is C17H24N2O3. The maximum Gasteiger partial charge on any atom is 0.323 e. The molecule has 5 nitrogen and oxygen atoms in total. The van der Waals surface area contributed by atoms with Gasteiger partial charge in [-0.2, -0.15) is 0 Å². The number of carbonyl (C=O) groups excluding carboxylic acids is 1. The molecular weight excluding hydrogens is 280 g/mol. The van der Waals surface area contributed by atoms with E-state index in [-0.39, 0.29) is 12.5 Å². The number of hydrogen-bond donors (Lipinski definition) is 2. The number of aliphatic carboxylic acids is 1. The van der Waals surface area contributed by atoms with E-state index in [1.54, 1.807) is 11.8 Å². The van der Waals surface area contributed by atoms with Crippen LogP contribution in [0.5, 0.6) is 0 Å². The van der Waals surface area contributed by atoms with Crippen LogP contribution in [0.4, 0.5) is 5.69 Å². The summed E-state index contributed by atoms with van der Waals surface area (Å²) in [6.07, 6.45) is 1.39. The summed E-state index contributed by atoms with van der Waals surface area (Å²) in [7, 11) is 0. The van der Waals surface area contributed by atoms with E-state index in [9.17, 15) is 14.7 Å². The predicted octanol–water partition coefficient (Wildman–Crippen LogP) is 2.49. The molecule has 1 aliphatic rings. The van der Waals surface area contributed by atoms with Gasteiger partial charge in [0.25, 0.3) is 0 Å². The average Bonchev–Trinajstić information content (AvgIpc) is 2.77. The Morgan fingerprint density at radius 3 is 2.41 bits per heavy atom. The molecule has 1 amide bonds. The minimum absolute atomic E-state index is 0.107. The highest BCUT2D eigenvalue weighted by molar-refractivity contribution is 5.94. The second-order valence-corrected chi connectivity index (χ2v) is 6.43. The van der Waals surface area contributed by atoms with Gasteiger partial charge in [0.15, 0.2) is 0 Å². The molecule has 0 aromatic heterocycles. The van der Waals surface area contributed by atoms with Crippen LogP contribution in [0.2, 0.25) is 0 Å². The molecule has 1 aromatic carbocycles. The van der Waals surface area contributed by atoms with E-state index in [2.05, 4.69) is 5.32 Å². The number of carboxylic acid groups (broad SMARTS) is 1. The van der Waals surface area contributed by atoms with E-state index in [1.165, 1.54) is 0 Å². The van der Waals surface area contributed by atoms with Crippen molar-refractivity contribution in [2.45, 2.75) is 46.1 Å². The number of carboxylic acids is 1. The molecule has 120 valence electrons. The van der Waals surface area contributed by atoms with Gasteiger partial charge in [0, 0.05) is 5.69 Å². The number of aryl methyl sites for hydroxylation is 3. The number of hydrogen-bond acceptors (Lipinski definition) is 3. The van der Waals surface area contributed by atoms with Crippen molar-refractivity contribution >= 4 is 17.6 Å². The molecule has 2 rings (SSSR count). The van der Waals surface area contributed by atoms with Crippen molar-refractivity contribution in [1.29, 1.82) is 0 Å². The Balaban J connectivity index is 2.10. The fraction of sp³-hybridized carbons (Fsp3) is 0.529. The van der Waals surface area contributed by atoms with Crippen LogP contribution >= 0.6 is 0 Å². The Hall–Kier alpha value is -1.88. The van der Waals surface area contributed by atoms with Gasteiger partial charge in [0.1, 0.15) is 5.54 Å². The third-order valence-electron chi connectivity index (χ3n) is 4.53. The fourth-order valence-corrected chi connectivity index (χ4v) is 3.24. The number of likely N-dealkylation sites (tertiary alicyclic amines) is 1. The first-order chi connectivity index (χ1) is 10.2. The van der Waals surface area contributed by atoms with Gasteiger partial charge in [-0.1, -0.05) is 17.7 Å². The van der Waals surface area contributed by atoms with Gasteiger partial charge in [0.2, 0.25) is 5.91 Å². The van der Waals surface area contributed by atoms with Crippen molar-refractivity contribution in [2.75, 3.05) is 18.4 Å². The molecule has 0 spiro atoms. The van der Waals surface area contributed by atoms with Gasteiger partial charge in [-0.05, 0) is 58.2 Å². The number of amides is 1. The molecule has 1 heterocycles. The highest BCUT2D eigenvalue weighted by atomic mass is 16.4. The standard InChI is InChI=1S/C17H24N2O3/c1-11-8-12(2)15(13(3)9-11)18-14(20)10-19-7-5-6-17(19,4)16(21)22/h8-9H,5-7,10H2,1-4H3,(H,18,20)(H,21,22). The third-order valence-corrected chi connectivity index (χ3v) is 4.53. The minimum Gasteiger partial charge on any atom is -0.480 e. The number of nitrogens with zero attached hydrogens (tertiary/aromatic N) is 1. The van der Waals surface area contributed by atoms with Crippen molar-refractivity contribution in [3.05, 3.63) is 28.8 Å². The van der Waals surface area contributed by atoms with Crippen molar-refractivity contribution in [3.63, 3.8) is 0 Å². The lowest BCUT2D eigenvalue weighted by atomic mass is 9.99. The summed E-state index contributed by atoms with van der Waals surface area (Å²) in [5.41, 5.74) is 3.09. The second kappa shape index (κ2) is 6.08. The summed E-state index contributed by atoms with van der Waals surface area (Å²) in [6, 6.07) is 4.06. The Morgan fingerprint density at radius 1 is 1.27 bits per heavy atom. The van der Waals surface area contributed by atoms with Crippen LogP contribution in [0.1, 0.15) is 36.5 Å². The summed E-state index contributed by atoms with van der Waals surface area (Å²) in [6.45, 7) is 8.39. The number of nitrogens with one attached hydrogen (secondary N) is 1. The Labute approximate surface area is 131 Å². The summed E-state index contributed by atoms with van der Waals surface area (Å²) in [5, 5.41) is 12.3. The van der Waals surface area contributed by atoms with Gasteiger partial charge < -0.3 is 10.4 Å². The highest BCUT2D eigenvalue weighted by Gasteiger charge is 2.43. The molecule has 1 atom stereocenters. The van der Waals surface area contributed by atoms with Gasteiger partial charge >= 0.3 is 5.97 Å². The zero-order valence-electron chi connectivity index (χ0n) is 13.7. The van der Waals surface area contributed by atoms with E-state index in [0.717, 1.165) is 28.8 Å². The van der Waals surface area contributed by atoms with Crippen molar-refractivity contribution < 1.29 is 14.7 Å². The van der Waals surface area contributed by atoms with E-state index < -0.39 is 11.5 Å². The first kappa shape index (κ1) is 16.5. The molecule has 0 saturated carbocycles. The smallest absolute Gasteiger partial charge is 0.323 e. The zero-order chi connectivity index (χ0) is 16.5. The Kier molecular flexibility index (Phi) is 4.56. The van der Waals surface area contributed by atoms with Crippen molar-refractivity contribution in [2.24, 2.45) is 0 Å². The van der Waals surface area contributed by atoms with E-state index in [4.69, 9.17) is 0 Å². The lowest BCUT2D eigenvalue weighted by Crippen LogP contribution is -2.50. The fourth-order valence-electron chi connectivity index (χ4n) is 3.24. The topological polar surface area (TPSA) is 69.6 Å². The normalized spacial score (nSPS) is 21.8. The molecule has 2 N–H and O–H groups in total. The lowest BCUT2D eigenvalue weighted by Gasteiger charge is -2.30. The number of benzene rings is 1. The molecule has 0 aliphatic carbocycles. The van der Waals surface area contributed by atoms with E-state index in [0.29, 0.717) is 13.0 Å². The van der Waals surface area contributed by atoms with Gasteiger partial charge in [-0.3, -0.25) is 14.5 Å². The molecule has 0 radical (unpaired) electrons. The summed E-state index contributed by atoms with van der Waals surface area (Å²) in [5.74, 6) is -1.02. The summed E-state index contributed by atoms with van der Waals surface area (Å²) >= 11 is 0. The average molecular weight is 304 g/mol. The molecule has 0 bridgehead atoms. The minimum atomic E-state index is -0.936. The van der Waals surface area contributed by atoms with Crippen molar-refractivity contribution in [1.82, 2.24) is 4.90 Å². The number of rotatable bonds is 4. The van der Waals surface area contributed by atoms with E-state index in [1.807, 2.05) is 32.9 Å². The van der Waals surface area contributed by atoms with Gasteiger partial charge in [-0.25, -0.2) is 0 Å². The molecule has 1 aromatic rings. The van der Waals surface area contributed by atoms with Crippen LogP contribution < -0.4 is 5.32 Å². The molecule has 1 aliphatic heterocycles. The van der Waals surface area contributed by atoms with E-state index >= 15 is 0 Å². The van der Waals surface area contributed by atoms with Crippen LogP contribution in [0.3, 0.4) is 0 Å². The van der Waals surface area contributed by atoms with Crippen LogP contribution in [-0.2, 0) is 9.59 Å². The Morgan fingerprint density at radius 2 is 1.86 bits per heavy atom. The maximum atomic E-state index is 12.3. The number of carbonyl (C=O) groups is 2. The maximum absolute atomic E-state index is 12.3. The largest absolute Gasteiger partial charge is 0.480 e. The monoisotopic (exact) mass is 304 g/mol. The first-order valence-electron chi connectivity index (χ1n) is 7.60. The van der Waals surface area contributed by atoms with Crippen LogP contribution in [0, 0.1) is 20.8 Å². The molecule has 1 saturated heterocycles. The molecule has 1 unspecified atom stereocenters. The third kappa shape index (κ3) is 3.14. The summed E-state index contributed by atoms with van der Waals surface area (Å²) in [4.78, 5) is 25.5. The van der Waals surface area contributed by atoms with Crippen molar-refractivity contribution in [3.8, 4) is 0 Å². The van der Waals surface area contributed by atoms with Crippen LogP contribution in [0.15, 0.2) is 12.1 Å². The molecule has 22 heavy (non-hydrogen) atoms. The zero-order valence-corrected chi connectivity index (χ0v) is 13.7. The van der Waals surface area contributed by atoms with Crippen LogP contribution in [0.25, 0.3) is 0 Å². The van der Waals surface area contributed by atoms with Gasteiger partial charge in [-0.15, -0.1) is 0 Å².